The molecule has 0 bridgehead atoms. The van der Waals surface area contributed by atoms with Gasteiger partial charge < -0.3 is 5.32 Å². The highest BCUT2D eigenvalue weighted by atomic mass is 79.9. The fraction of sp³-hybridized carbons (Fsp3) is 0.0769. The van der Waals surface area contributed by atoms with Gasteiger partial charge in [0.2, 0.25) is 9.84 Å². The van der Waals surface area contributed by atoms with Crippen molar-refractivity contribution >= 4 is 69.0 Å². The highest BCUT2D eigenvalue weighted by molar-refractivity contribution is 9.13. The fourth-order valence-electron chi connectivity index (χ4n) is 2.18. The number of hydrogen-bond donors (Lipinski definition) is 1. The second kappa shape index (κ2) is 4.83. The molecule has 0 aromatic heterocycles. The summed E-state index contributed by atoms with van der Waals surface area (Å²) < 4.78 is 27.9. The van der Waals surface area contributed by atoms with Crippen LogP contribution < -0.4 is 5.32 Å². The van der Waals surface area contributed by atoms with Gasteiger partial charge in [0.15, 0.2) is 0 Å². The SMILES string of the molecule is Cc1c(Br)c(Br)cc2c1Nc1cc(Br)ccc1S2(=O)=O. The van der Waals surface area contributed by atoms with Crippen molar-refractivity contribution in [2.75, 3.05) is 5.32 Å². The Balaban J connectivity index is 2.39. The van der Waals surface area contributed by atoms with Gasteiger partial charge in [0.1, 0.15) is 0 Å². The van der Waals surface area contributed by atoms with Crippen molar-refractivity contribution in [3.8, 4) is 0 Å². The van der Waals surface area contributed by atoms with Crippen molar-refractivity contribution in [3.05, 3.63) is 43.2 Å². The molecule has 0 atom stereocenters. The first-order chi connectivity index (χ1) is 9.32. The van der Waals surface area contributed by atoms with Crippen molar-refractivity contribution in [2.24, 2.45) is 0 Å². The zero-order chi connectivity index (χ0) is 14.7. The average Bonchev–Trinajstić information content (AvgIpc) is 2.38. The third-order valence-corrected chi connectivity index (χ3v) is 7.71. The molecule has 104 valence electrons. The molecule has 0 saturated heterocycles. The fourth-order valence-corrected chi connectivity index (χ4v) is 5.16. The number of halogens is 3. The molecular formula is C13H8Br3NO2S. The number of benzene rings is 2. The summed E-state index contributed by atoms with van der Waals surface area (Å²) in [5.41, 5.74) is 2.05. The van der Waals surface area contributed by atoms with Crippen LogP contribution in [0.4, 0.5) is 11.4 Å². The molecule has 2 aromatic carbocycles. The summed E-state index contributed by atoms with van der Waals surface area (Å²) >= 11 is 10.2. The van der Waals surface area contributed by atoms with Crippen molar-refractivity contribution < 1.29 is 8.42 Å². The quantitative estimate of drug-likeness (QED) is 0.481. The van der Waals surface area contributed by atoms with Gasteiger partial charge in [-0.15, -0.1) is 0 Å². The van der Waals surface area contributed by atoms with Crippen LogP contribution in [0.2, 0.25) is 0 Å². The van der Waals surface area contributed by atoms with Crippen molar-refractivity contribution in [1.29, 1.82) is 0 Å². The molecule has 0 fully saturated rings. The third-order valence-electron chi connectivity index (χ3n) is 3.20. The predicted octanol–water partition coefficient (Wildman–Crippen LogP) is 5.17. The largest absolute Gasteiger partial charge is 0.353 e. The van der Waals surface area contributed by atoms with E-state index in [4.69, 9.17) is 0 Å². The molecule has 1 aliphatic heterocycles. The highest BCUT2D eigenvalue weighted by Gasteiger charge is 2.31. The number of nitrogens with one attached hydrogen (secondary N) is 1. The van der Waals surface area contributed by atoms with Crippen LogP contribution in [0.25, 0.3) is 0 Å². The van der Waals surface area contributed by atoms with Crippen LogP contribution in [0.3, 0.4) is 0 Å². The summed E-state index contributed by atoms with van der Waals surface area (Å²) in [6.45, 7) is 1.87. The Morgan fingerprint density at radius 2 is 1.75 bits per heavy atom. The van der Waals surface area contributed by atoms with E-state index in [1.54, 1.807) is 24.3 Å². The Labute approximate surface area is 142 Å². The van der Waals surface area contributed by atoms with E-state index in [1.807, 2.05) is 6.92 Å². The lowest BCUT2D eigenvalue weighted by atomic mass is 10.2. The van der Waals surface area contributed by atoms with Gasteiger partial charge in [-0.1, -0.05) is 15.9 Å². The number of sulfone groups is 1. The Kier molecular flexibility index (Phi) is 3.52. The van der Waals surface area contributed by atoms with Crippen LogP contribution in [-0.2, 0) is 9.84 Å². The Hall–Kier alpha value is -0.370. The second-order valence-electron chi connectivity index (χ2n) is 4.44. The van der Waals surface area contributed by atoms with E-state index in [9.17, 15) is 8.42 Å². The molecule has 20 heavy (non-hydrogen) atoms. The van der Waals surface area contributed by atoms with Gasteiger partial charge in [-0.2, -0.15) is 0 Å². The smallest absolute Gasteiger partial charge is 0.210 e. The standard InChI is InChI=1S/C13H8Br3NO2S/c1-6-12(16)8(15)5-11-13(6)17-9-4-7(14)2-3-10(9)20(11,18)19/h2-5,17H,1H3. The van der Waals surface area contributed by atoms with E-state index in [0.717, 1.165) is 19.0 Å². The zero-order valence-electron chi connectivity index (χ0n) is 10.2. The monoisotopic (exact) mass is 479 g/mol. The minimum atomic E-state index is -3.51. The van der Waals surface area contributed by atoms with Crippen molar-refractivity contribution in [1.82, 2.24) is 0 Å². The summed E-state index contributed by atoms with van der Waals surface area (Å²) in [6.07, 6.45) is 0. The molecule has 1 heterocycles. The molecule has 0 unspecified atom stereocenters. The van der Waals surface area contributed by atoms with Gasteiger partial charge in [-0.3, -0.25) is 0 Å². The zero-order valence-corrected chi connectivity index (χ0v) is 15.7. The van der Waals surface area contributed by atoms with Crippen LogP contribution in [-0.4, -0.2) is 8.42 Å². The normalized spacial score (nSPS) is 15.2. The van der Waals surface area contributed by atoms with Crippen molar-refractivity contribution in [2.45, 2.75) is 16.7 Å². The number of rotatable bonds is 0. The van der Waals surface area contributed by atoms with Crippen LogP contribution in [0.15, 0.2) is 47.5 Å². The Bertz CT molecular complexity index is 847. The molecule has 2 aromatic rings. The molecule has 3 rings (SSSR count). The first-order valence-electron chi connectivity index (χ1n) is 5.62. The Morgan fingerprint density at radius 3 is 2.45 bits per heavy atom. The van der Waals surface area contributed by atoms with Gasteiger partial charge in [-0.05, 0) is 68.6 Å². The van der Waals surface area contributed by atoms with Gasteiger partial charge in [0.05, 0.1) is 21.2 Å². The lowest BCUT2D eigenvalue weighted by Gasteiger charge is -2.24. The van der Waals surface area contributed by atoms with Gasteiger partial charge in [0, 0.05) is 13.4 Å². The topological polar surface area (TPSA) is 46.2 Å². The number of hydrogen-bond acceptors (Lipinski definition) is 3. The van der Waals surface area contributed by atoms with E-state index >= 15 is 0 Å². The van der Waals surface area contributed by atoms with Crippen molar-refractivity contribution in [3.63, 3.8) is 0 Å². The molecule has 1 N–H and O–H groups in total. The molecule has 0 saturated carbocycles. The lowest BCUT2D eigenvalue weighted by molar-refractivity contribution is 0.595. The predicted molar refractivity (Wildman–Crippen MR) is 89.5 cm³/mol. The van der Waals surface area contributed by atoms with Gasteiger partial charge >= 0.3 is 0 Å². The maximum absolute atomic E-state index is 12.7. The minimum Gasteiger partial charge on any atom is -0.353 e. The van der Waals surface area contributed by atoms with Gasteiger partial charge in [0.25, 0.3) is 0 Å². The summed E-state index contributed by atoms with van der Waals surface area (Å²) in [4.78, 5) is 0.585. The number of anilines is 2. The molecule has 7 heteroatoms. The van der Waals surface area contributed by atoms with E-state index in [0.29, 0.717) is 21.2 Å². The maximum Gasteiger partial charge on any atom is 0.210 e. The average molecular weight is 482 g/mol. The summed E-state index contributed by atoms with van der Waals surface area (Å²) in [7, 11) is -3.51. The van der Waals surface area contributed by atoms with E-state index in [2.05, 4.69) is 53.1 Å². The molecule has 0 radical (unpaired) electrons. The van der Waals surface area contributed by atoms with E-state index in [1.165, 1.54) is 0 Å². The van der Waals surface area contributed by atoms with Gasteiger partial charge in [-0.25, -0.2) is 8.42 Å². The van der Waals surface area contributed by atoms with Crippen LogP contribution in [0.5, 0.6) is 0 Å². The molecule has 1 aliphatic rings. The highest BCUT2D eigenvalue weighted by Crippen LogP contribution is 2.45. The molecular weight excluding hydrogens is 474 g/mol. The Morgan fingerprint density at radius 1 is 1.05 bits per heavy atom. The van der Waals surface area contributed by atoms with E-state index < -0.39 is 9.84 Å². The van der Waals surface area contributed by atoms with Crippen LogP contribution >= 0.6 is 47.8 Å². The van der Waals surface area contributed by atoms with E-state index in [-0.39, 0.29) is 0 Å². The second-order valence-corrected chi connectivity index (χ2v) is 8.89. The van der Waals surface area contributed by atoms with Crippen LogP contribution in [0, 0.1) is 6.92 Å². The lowest BCUT2D eigenvalue weighted by Crippen LogP contribution is -2.15. The number of fused-ring (bicyclic) bond motifs is 2. The minimum absolute atomic E-state index is 0.292. The summed E-state index contributed by atoms with van der Waals surface area (Å²) in [6, 6.07) is 6.73. The summed E-state index contributed by atoms with van der Waals surface area (Å²) in [5.74, 6) is 0. The van der Waals surface area contributed by atoms with Crippen LogP contribution in [0.1, 0.15) is 5.56 Å². The molecule has 0 spiro atoms. The molecule has 0 aliphatic carbocycles. The third kappa shape index (κ3) is 2.06. The molecule has 0 amide bonds. The summed E-state index contributed by atoms with van der Waals surface area (Å²) in [5, 5.41) is 3.21. The first kappa shape index (κ1) is 14.6. The first-order valence-corrected chi connectivity index (χ1v) is 9.49. The molecule has 3 nitrogen and oxygen atoms in total. The maximum atomic E-state index is 12.7.